The van der Waals surface area contributed by atoms with E-state index in [1.54, 1.807) is 6.92 Å². The molecule has 18 heteroatoms. The van der Waals surface area contributed by atoms with E-state index in [-0.39, 0.29) is 42.9 Å². The molecule has 36 heavy (non-hydrogen) atoms. The highest BCUT2D eigenvalue weighted by Crippen LogP contribution is 2.13. The van der Waals surface area contributed by atoms with E-state index in [2.05, 4.69) is 0 Å². The van der Waals surface area contributed by atoms with E-state index >= 15 is 0 Å². The Hall–Kier alpha value is -1.86. The van der Waals surface area contributed by atoms with Gasteiger partial charge in [0.15, 0.2) is 0 Å². The van der Waals surface area contributed by atoms with E-state index in [9.17, 15) is 27.0 Å². The minimum Gasteiger partial charge on any atom is -0.480 e. The Kier molecular flexibility index (Phi) is 16.5. The molecule has 15 nitrogen and oxygen atoms in total. The van der Waals surface area contributed by atoms with Gasteiger partial charge in [-0.15, -0.1) is 0 Å². The summed E-state index contributed by atoms with van der Waals surface area (Å²) in [6.45, 7) is 3.01. The van der Waals surface area contributed by atoms with Gasteiger partial charge in [-0.1, -0.05) is 6.92 Å². The molecule has 6 atom stereocenters. The summed E-state index contributed by atoms with van der Waals surface area (Å²) in [5.41, 5.74) is 13.3. The zero-order valence-electron chi connectivity index (χ0n) is 21.3. The predicted molar refractivity (Wildman–Crippen MR) is 139 cm³/mol. The van der Waals surface area contributed by atoms with E-state index < -0.39 is 64.2 Å². The van der Waals surface area contributed by atoms with Crippen molar-refractivity contribution in [3.63, 3.8) is 0 Å². The third kappa shape index (κ3) is 22.6. The fourth-order valence-electron chi connectivity index (χ4n) is 1.80. The summed E-state index contributed by atoms with van der Waals surface area (Å²) in [7, 11) is -7.87. The van der Waals surface area contributed by atoms with Gasteiger partial charge in [0.2, 0.25) is 0 Å². The van der Waals surface area contributed by atoms with Crippen LogP contribution in [0.3, 0.4) is 0 Å². The summed E-state index contributed by atoms with van der Waals surface area (Å²) in [5, 5.41) is 25.6. The fraction of sp³-hybridized carbons (Fsp3) is 0.833. The molecular weight excluding hydrogens is 540 g/mol. The Morgan fingerprint density at radius 1 is 0.806 bits per heavy atom. The number of carboxylic acid groups (broad SMARTS) is 3. The van der Waals surface area contributed by atoms with Crippen molar-refractivity contribution in [1.29, 1.82) is 14.3 Å². The van der Waals surface area contributed by atoms with Gasteiger partial charge in [0.25, 0.3) is 0 Å². The molecule has 0 heterocycles. The Bertz CT molecular complexity index is 1060. The van der Waals surface area contributed by atoms with Gasteiger partial charge in [0.1, 0.15) is 17.1 Å². The van der Waals surface area contributed by atoms with Crippen molar-refractivity contribution in [3.8, 4) is 0 Å². The van der Waals surface area contributed by atoms with Gasteiger partial charge in [-0.05, 0) is 32.6 Å². The number of nitrogens with two attached hydrogens (primary N) is 3. The molecule has 0 aliphatic rings. The maximum absolute atomic E-state index is 11.0. The number of carboxylic acids is 3. The highest BCUT2D eigenvalue weighted by atomic mass is 32.2. The van der Waals surface area contributed by atoms with Crippen LogP contribution in [0, 0.1) is 14.3 Å². The maximum atomic E-state index is 11.0. The van der Waals surface area contributed by atoms with Crippen molar-refractivity contribution in [2.45, 2.75) is 56.7 Å². The number of rotatable bonds is 13. The summed E-state index contributed by atoms with van der Waals surface area (Å²) < 4.78 is 53.7. The lowest BCUT2D eigenvalue weighted by Gasteiger charge is -2.22. The average Bonchev–Trinajstić information content (AvgIpc) is 2.67. The molecule has 0 bridgehead atoms. The van der Waals surface area contributed by atoms with Crippen LogP contribution in [0.1, 0.15) is 39.5 Å². The van der Waals surface area contributed by atoms with Gasteiger partial charge in [-0.3, -0.25) is 41.3 Å². The van der Waals surface area contributed by atoms with Crippen LogP contribution >= 0.6 is 0 Å². The molecule has 0 aromatic carbocycles. The van der Waals surface area contributed by atoms with Crippen LogP contribution in [0.25, 0.3) is 0 Å². The van der Waals surface area contributed by atoms with Crippen LogP contribution in [0.2, 0.25) is 0 Å². The third-order valence-electron chi connectivity index (χ3n) is 4.63. The molecular formula is C18H42N6O9S3. The van der Waals surface area contributed by atoms with Crippen LogP contribution in [0.15, 0.2) is 0 Å². The molecule has 216 valence electrons. The molecule has 0 fully saturated rings. The lowest BCUT2D eigenvalue weighted by Crippen LogP contribution is -2.48. The maximum Gasteiger partial charge on any atom is 0.323 e. The molecule has 0 aromatic heterocycles. The van der Waals surface area contributed by atoms with Crippen LogP contribution < -0.4 is 17.2 Å². The monoisotopic (exact) mass is 582 g/mol. The number of hydrogen-bond acceptors (Lipinski definition) is 12. The normalized spacial score (nSPS) is 20.0. The highest BCUT2D eigenvalue weighted by molar-refractivity contribution is 7.92. The Morgan fingerprint density at radius 2 is 1.17 bits per heavy atom. The van der Waals surface area contributed by atoms with Crippen molar-refractivity contribution in [2.24, 2.45) is 17.2 Å². The third-order valence-corrected chi connectivity index (χ3v) is 7.61. The van der Waals surface area contributed by atoms with Gasteiger partial charge in [-0.2, -0.15) is 0 Å². The number of hydrogen-bond donors (Lipinski definition) is 9. The number of nitrogens with one attached hydrogen (secondary N) is 3. The van der Waals surface area contributed by atoms with Crippen molar-refractivity contribution in [2.75, 3.05) is 36.0 Å². The van der Waals surface area contributed by atoms with Crippen molar-refractivity contribution in [1.82, 2.24) is 0 Å². The zero-order valence-corrected chi connectivity index (χ0v) is 23.7. The minimum atomic E-state index is -2.64. The standard InChI is InChI=1S/C7H16N2O3S.C6H14N2O3S.C5H12N2O3S/c1-3-7(8,6(10)11)4-5-13(2,9)12;1-6(7,5(9)10)3-4-12(2,8)11;1-11(7,10)3-2-4(6)5(8)9/h9H,3-5,8H2,1-2H3,(H,10,11);8H,3-4,7H2,1-2H3,(H,9,10);4,7H,2-3,6H2,1H3,(H,8,9). The molecule has 0 aromatic rings. The van der Waals surface area contributed by atoms with Crippen LogP contribution in [0.4, 0.5) is 0 Å². The fourth-order valence-corrected chi connectivity index (χ4v) is 4.07. The zero-order chi connectivity index (χ0) is 29.8. The summed E-state index contributed by atoms with van der Waals surface area (Å²) in [6, 6.07) is -0.999. The van der Waals surface area contributed by atoms with Crippen molar-refractivity contribution in [3.05, 3.63) is 0 Å². The summed E-state index contributed by atoms with van der Waals surface area (Å²) in [6.07, 6.45) is 4.32. The van der Waals surface area contributed by atoms with E-state index in [0.29, 0.717) is 0 Å². The summed E-state index contributed by atoms with van der Waals surface area (Å²) >= 11 is 0. The molecule has 6 unspecified atom stereocenters. The summed E-state index contributed by atoms with van der Waals surface area (Å²) in [4.78, 5) is 31.3. The smallest absolute Gasteiger partial charge is 0.323 e. The molecule has 0 amide bonds. The van der Waals surface area contributed by atoms with E-state index in [1.165, 1.54) is 25.7 Å². The lowest BCUT2D eigenvalue weighted by atomic mass is 9.95. The SMILES string of the molecule is CC(N)(CCS(C)(=N)=O)C(=O)O.CCC(N)(CCS(C)(=N)=O)C(=O)O.CS(=N)(=O)CCC(N)C(=O)O. The minimum absolute atomic E-state index is 0.0201. The van der Waals surface area contributed by atoms with Crippen molar-refractivity contribution >= 4 is 47.1 Å². The molecule has 0 radical (unpaired) electrons. The second-order valence-electron chi connectivity index (χ2n) is 8.90. The van der Waals surface area contributed by atoms with Gasteiger partial charge >= 0.3 is 17.9 Å². The molecule has 0 aliphatic heterocycles. The van der Waals surface area contributed by atoms with E-state index in [0.717, 1.165) is 0 Å². The van der Waals surface area contributed by atoms with Crippen LogP contribution in [-0.4, -0.2) is 99.0 Å². The first-order valence-corrected chi connectivity index (χ1v) is 16.8. The number of aliphatic carboxylic acids is 3. The Balaban J connectivity index is -0.000000455. The average molecular weight is 583 g/mol. The lowest BCUT2D eigenvalue weighted by molar-refractivity contribution is -0.144. The predicted octanol–water partition coefficient (Wildman–Crippen LogP) is -0.435. The van der Waals surface area contributed by atoms with E-state index in [4.69, 9.17) is 46.9 Å². The van der Waals surface area contributed by atoms with Crippen molar-refractivity contribution < 1.29 is 42.3 Å². The molecule has 0 saturated carbocycles. The molecule has 0 spiro atoms. The quantitative estimate of drug-likeness (QED) is 0.133. The second kappa shape index (κ2) is 15.4. The first-order valence-electron chi connectivity index (χ1n) is 10.4. The second-order valence-corrected chi connectivity index (χ2v) is 16.2. The number of carbonyl (C=O) groups is 3. The van der Waals surface area contributed by atoms with Gasteiger partial charge in [0.05, 0.1) is 0 Å². The topological polar surface area (TPSA) is 313 Å². The molecule has 0 aliphatic carbocycles. The van der Waals surface area contributed by atoms with Gasteiger partial charge in [-0.25, -0.2) is 0 Å². The van der Waals surface area contributed by atoms with E-state index in [1.807, 2.05) is 0 Å². The molecule has 0 saturated heterocycles. The first-order chi connectivity index (χ1) is 15.7. The Morgan fingerprint density at radius 3 is 1.42 bits per heavy atom. The van der Waals surface area contributed by atoms with Gasteiger partial charge in [0, 0.05) is 65.2 Å². The van der Waals surface area contributed by atoms with Crippen LogP contribution in [0.5, 0.6) is 0 Å². The summed E-state index contributed by atoms with van der Waals surface area (Å²) in [5.74, 6) is -3.25. The Labute approximate surface area is 213 Å². The van der Waals surface area contributed by atoms with Gasteiger partial charge < -0.3 is 32.5 Å². The highest BCUT2D eigenvalue weighted by Gasteiger charge is 2.32. The molecule has 0 rings (SSSR count). The van der Waals surface area contributed by atoms with Crippen LogP contribution in [-0.2, 0) is 43.6 Å². The first kappa shape index (κ1) is 38.7. The molecule has 12 N–H and O–H groups in total. The largest absolute Gasteiger partial charge is 0.480 e.